The highest BCUT2D eigenvalue weighted by molar-refractivity contribution is 7.86. The Morgan fingerprint density at radius 2 is 1.12 bits per heavy atom. The minimum Gasteiger partial charge on any atom is -0.508 e. The molecule has 0 aliphatic heterocycles. The summed E-state index contributed by atoms with van der Waals surface area (Å²) in [6, 6.07) is 4.52. The summed E-state index contributed by atoms with van der Waals surface area (Å²) < 4.78 is 30.4. The number of hydrogen-bond acceptors (Lipinski definition) is 4. The zero-order valence-corrected chi connectivity index (χ0v) is 22.3. The van der Waals surface area contributed by atoms with E-state index < -0.39 is 10.1 Å². The first-order valence-electron chi connectivity index (χ1n) is 13.7. The molecule has 1 N–H and O–H groups in total. The van der Waals surface area contributed by atoms with E-state index in [4.69, 9.17) is 4.18 Å². The summed E-state index contributed by atoms with van der Waals surface area (Å²) in [5.41, 5.74) is 0.699. The number of aromatic hydroxyl groups is 1. The SMILES string of the molecule is CCCCCCCCCCCCOS(=O)(=O)c1ccc(O)c(CCCCCCCCCC)c1. The predicted molar refractivity (Wildman–Crippen MR) is 139 cm³/mol. The molecule has 4 nitrogen and oxygen atoms in total. The molecular weight excluding hydrogens is 432 g/mol. The number of aryl methyl sites for hydroxylation is 1. The molecule has 1 aromatic carbocycles. The van der Waals surface area contributed by atoms with Crippen LogP contribution in [0.1, 0.15) is 135 Å². The zero-order valence-electron chi connectivity index (χ0n) is 21.5. The van der Waals surface area contributed by atoms with E-state index in [0.29, 0.717) is 12.0 Å². The Labute approximate surface area is 204 Å². The van der Waals surface area contributed by atoms with E-state index >= 15 is 0 Å². The van der Waals surface area contributed by atoms with Gasteiger partial charge in [0.05, 0.1) is 11.5 Å². The van der Waals surface area contributed by atoms with Crippen molar-refractivity contribution in [3.63, 3.8) is 0 Å². The maximum absolute atomic E-state index is 12.6. The standard InChI is InChI=1S/C28H50O4S/c1-3-5-7-9-11-13-14-16-18-20-24-32-33(30,31)27-22-23-28(29)26(25-27)21-19-17-15-12-10-8-6-4-2/h22-23,25,29H,3-21,24H2,1-2H3. The Morgan fingerprint density at radius 1 is 0.667 bits per heavy atom. The Balaban J connectivity index is 2.26. The molecule has 0 saturated heterocycles. The molecule has 0 unspecified atom stereocenters. The molecular formula is C28H50O4S. The minimum atomic E-state index is -3.77. The van der Waals surface area contributed by atoms with E-state index in [1.54, 1.807) is 6.07 Å². The van der Waals surface area contributed by atoms with E-state index in [0.717, 1.165) is 32.1 Å². The Kier molecular flexibility index (Phi) is 17.5. The van der Waals surface area contributed by atoms with Crippen LogP contribution in [0.2, 0.25) is 0 Å². The number of hydrogen-bond donors (Lipinski definition) is 1. The van der Waals surface area contributed by atoms with Gasteiger partial charge in [0.1, 0.15) is 5.75 Å². The minimum absolute atomic E-state index is 0.155. The van der Waals surface area contributed by atoms with Crippen LogP contribution in [0.15, 0.2) is 23.1 Å². The molecule has 0 aliphatic carbocycles. The van der Waals surface area contributed by atoms with Crippen molar-refractivity contribution in [1.29, 1.82) is 0 Å². The molecule has 5 heteroatoms. The lowest BCUT2D eigenvalue weighted by molar-refractivity contribution is 0.306. The number of rotatable bonds is 22. The first-order valence-corrected chi connectivity index (χ1v) is 15.1. The Bertz CT molecular complexity index is 700. The average Bonchev–Trinajstić information content (AvgIpc) is 2.80. The molecule has 0 atom stereocenters. The summed E-state index contributed by atoms with van der Waals surface area (Å²) in [4.78, 5) is 0.155. The van der Waals surface area contributed by atoms with Gasteiger partial charge < -0.3 is 5.11 Å². The summed E-state index contributed by atoms with van der Waals surface area (Å²) in [6.45, 7) is 4.69. The van der Waals surface area contributed by atoms with E-state index in [2.05, 4.69) is 13.8 Å². The molecule has 1 rings (SSSR count). The van der Waals surface area contributed by atoms with Crippen molar-refractivity contribution >= 4 is 10.1 Å². The summed E-state index contributed by atoms with van der Waals surface area (Å²) in [7, 11) is -3.77. The molecule has 0 amide bonds. The normalized spacial score (nSPS) is 11.8. The molecule has 0 spiro atoms. The van der Waals surface area contributed by atoms with E-state index in [-0.39, 0.29) is 17.3 Å². The average molecular weight is 483 g/mol. The number of phenolic OH excluding ortho intramolecular Hbond substituents is 1. The van der Waals surface area contributed by atoms with Gasteiger partial charge in [-0.05, 0) is 43.0 Å². The van der Waals surface area contributed by atoms with Gasteiger partial charge in [-0.25, -0.2) is 0 Å². The van der Waals surface area contributed by atoms with Crippen molar-refractivity contribution in [2.24, 2.45) is 0 Å². The van der Waals surface area contributed by atoms with Gasteiger partial charge in [0.15, 0.2) is 0 Å². The maximum Gasteiger partial charge on any atom is 0.296 e. The van der Waals surface area contributed by atoms with Gasteiger partial charge >= 0.3 is 0 Å². The van der Waals surface area contributed by atoms with Gasteiger partial charge in [0.25, 0.3) is 10.1 Å². The second kappa shape index (κ2) is 19.3. The summed E-state index contributed by atoms with van der Waals surface area (Å²) >= 11 is 0. The van der Waals surface area contributed by atoms with Crippen LogP contribution in [0.3, 0.4) is 0 Å². The van der Waals surface area contributed by atoms with Gasteiger partial charge in [0.2, 0.25) is 0 Å². The first-order chi connectivity index (χ1) is 16.0. The smallest absolute Gasteiger partial charge is 0.296 e. The predicted octanol–water partition coefficient (Wildman–Crippen LogP) is 8.70. The lowest BCUT2D eigenvalue weighted by atomic mass is 10.0. The second-order valence-corrected chi connectivity index (χ2v) is 11.1. The molecule has 0 bridgehead atoms. The van der Waals surface area contributed by atoms with Crippen LogP contribution < -0.4 is 0 Å². The van der Waals surface area contributed by atoms with Crippen molar-refractivity contribution in [3.8, 4) is 5.75 Å². The van der Waals surface area contributed by atoms with E-state index in [1.165, 1.54) is 95.6 Å². The molecule has 1 aromatic rings. The van der Waals surface area contributed by atoms with Crippen molar-refractivity contribution in [2.75, 3.05) is 6.61 Å². The summed E-state index contributed by atoms with van der Waals surface area (Å²) in [6.07, 6.45) is 22.4. The fourth-order valence-electron chi connectivity index (χ4n) is 4.19. The molecule has 0 fully saturated rings. The topological polar surface area (TPSA) is 63.6 Å². The van der Waals surface area contributed by atoms with Crippen LogP contribution in [0.4, 0.5) is 0 Å². The number of unbranched alkanes of at least 4 members (excludes halogenated alkanes) is 16. The van der Waals surface area contributed by atoms with Gasteiger partial charge in [-0.3, -0.25) is 4.18 Å². The number of benzene rings is 1. The van der Waals surface area contributed by atoms with Gasteiger partial charge in [-0.15, -0.1) is 0 Å². The highest BCUT2D eigenvalue weighted by atomic mass is 32.2. The van der Waals surface area contributed by atoms with Crippen LogP contribution in [0, 0.1) is 0 Å². The molecule has 0 radical (unpaired) electrons. The van der Waals surface area contributed by atoms with E-state index in [9.17, 15) is 13.5 Å². The van der Waals surface area contributed by atoms with Crippen molar-refractivity contribution in [2.45, 2.75) is 141 Å². The second-order valence-electron chi connectivity index (χ2n) is 9.47. The van der Waals surface area contributed by atoms with Crippen LogP contribution >= 0.6 is 0 Å². The molecule has 0 heterocycles. The Hall–Kier alpha value is -1.07. The zero-order chi connectivity index (χ0) is 24.2. The van der Waals surface area contributed by atoms with Crippen LogP contribution in [-0.4, -0.2) is 20.1 Å². The lowest BCUT2D eigenvalue weighted by Crippen LogP contribution is -2.08. The first kappa shape index (κ1) is 30.0. The largest absolute Gasteiger partial charge is 0.508 e. The van der Waals surface area contributed by atoms with Crippen LogP contribution in [-0.2, 0) is 20.7 Å². The third kappa shape index (κ3) is 14.7. The fraction of sp³-hybridized carbons (Fsp3) is 0.786. The van der Waals surface area contributed by atoms with Crippen LogP contribution in [0.5, 0.6) is 5.75 Å². The lowest BCUT2D eigenvalue weighted by Gasteiger charge is -2.10. The van der Waals surface area contributed by atoms with Gasteiger partial charge in [-0.2, -0.15) is 8.42 Å². The Morgan fingerprint density at radius 3 is 1.64 bits per heavy atom. The van der Waals surface area contributed by atoms with Crippen LogP contribution in [0.25, 0.3) is 0 Å². The van der Waals surface area contributed by atoms with Crippen molar-refractivity contribution in [3.05, 3.63) is 23.8 Å². The van der Waals surface area contributed by atoms with Crippen molar-refractivity contribution in [1.82, 2.24) is 0 Å². The highest BCUT2D eigenvalue weighted by Gasteiger charge is 2.17. The maximum atomic E-state index is 12.6. The third-order valence-corrected chi connectivity index (χ3v) is 7.68. The summed E-state index contributed by atoms with van der Waals surface area (Å²) in [5, 5.41) is 10.1. The molecule has 0 aromatic heterocycles. The summed E-state index contributed by atoms with van der Waals surface area (Å²) in [5.74, 6) is 0.173. The fourth-order valence-corrected chi connectivity index (χ4v) is 5.19. The molecule has 192 valence electrons. The molecule has 0 aliphatic rings. The van der Waals surface area contributed by atoms with Gasteiger partial charge in [-0.1, -0.05) is 117 Å². The van der Waals surface area contributed by atoms with Gasteiger partial charge in [0, 0.05) is 0 Å². The third-order valence-electron chi connectivity index (χ3n) is 6.38. The van der Waals surface area contributed by atoms with Crippen molar-refractivity contribution < 1.29 is 17.7 Å². The monoisotopic (exact) mass is 482 g/mol. The molecule has 33 heavy (non-hydrogen) atoms. The molecule has 0 saturated carbocycles. The number of phenols is 1. The van der Waals surface area contributed by atoms with E-state index in [1.807, 2.05) is 0 Å². The highest BCUT2D eigenvalue weighted by Crippen LogP contribution is 2.25. The quantitative estimate of drug-likeness (QED) is 0.133.